The fourth-order valence-corrected chi connectivity index (χ4v) is 2.73. The summed E-state index contributed by atoms with van der Waals surface area (Å²) >= 11 is 5.84. The van der Waals surface area contributed by atoms with E-state index >= 15 is 0 Å². The summed E-state index contributed by atoms with van der Waals surface area (Å²) in [6.07, 6.45) is 3.20. The van der Waals surface area contributed by atoms with E-state index in [1.807, 2.05) is 30.3 Å². The first-order valence-electron chi connectivity index (χ1n) is 7.29. The first-order chi connectivity index (χ1) is 10.7. The lowest BCUT2D eigenvalue weighted by Crippen LogP contribution is -2.47. The molecule has 1 N–H and O–H groups in total. The summed E-state index contributed by atoms with van der Waals surface area (Å²) in [6, 6.07) is 9.68. The minimum atomic E-state index is -0.539. The van der Waals surface area contributed by atoms with Gasteiger partial charge in [-0.05, 0) is 5.56 Å². The second-order valence-electron chi connectivity index (χ2n) is 5.29. The molecule has 1 saturated heterocycles. The fourth-order valence-electron chi connectivity index (χ4n) is 2.64. The van der Waals surface area contributed by atoms with Crippen LogP contribution in [0.5, 0.6) is 0 Å². The van der Waals surface area contributed by atoms with E-state index in [9.17, 15) is 5.11 Å². The summed E-state index contributed by atoms with van der Waals surface area (Å²) in [7, 11) is 0. The summed E-state index contributed by atoms with van der Waals surface area (Å²) in [4.78, 5) is 10.6. The zero-order chi connectivity index (χ0) is 15.4. The van der Waals surface area contributed by atoms with Crippen molar-refractivity contribution in [2.24, 2.45) is 0 Å². The number of aliphatic hydroxyl groups is 1. The van der Waals surface area contributed by atoms with Crippen LogP contribution in [0.1, 0.15) is 18.1 Å². The van der Waals surface area contributed by atoms with Crippen molar-refractivity contribution in [1.82, 2.24) is 9.97 Å². The molecule has 0 saturated carbocycles. The van der Waals surface area contributed by atoms with Crippen LogP contribution in [0.2, 0.25) is 5.02 Å². The van der Waals surface area contributed by atoms with Crippen molar-refractivity contribution in [3.8, 4) is 0 Å². The van der Waals surface area contributed by atoms with Crippen molar-refractivity contribution < 1.29 is 9.84 Å². The summed E-state index contributed by atoms with van der Waals surface area (Å²) in [5, 5.41) is 10.9. The Morgan fingerprint density at radius 1 is 1.27 bits per heavy atom. The Labute approximate surface area is 134 Å². The predicted molar refractivity (Wildman–Crippen MR) is 85.0 cm³/mol. The van der Waals surface area contributed by atoms with Gasteiger partial charge >= 0.3 is 0 Å². The summed E-state index contributed by atoms with van der Waals surface area (Å²) in [5.74, 6) is 0.623. The van der Waals surface area contributed by atoms with Gasteiger partial charge in [-0.2, -0.15) is 0 Å². The largest absolute Gasteiger partial charge is 0.388 e. The third kappa shape index (κ3) is 3.55. The molecule has 0 amide bonds. The van der Waals surface area contributed by atoms with Gasteiger partial charge in [0, 0.05) is 13.0 Å². The maximum absolute atomic E-state index is 10.4. The van der Waals surface area contributed by atoms with Gasteiger partial charge in [0.15, 0.2) is 0 Å². The van der Waals surface area contributed by atoms with E-state index in [0.29, 0.717) is 37.2 Å². The Morgan fingerprint density at radius 2 is 2.00 bits per heavy atom. The Morgan fingerprint density at radius 3 is 2.73 bits per heavy atom. The van der Waals surface area contributed by atoms with Crippen LogP contribution < -0.4 is 4.90 Å². The number of halogens is 1. The summed E-state index contributed by atoms with van der Waals surface area (Å²) < 4.78 is 5.56. The number of morpholine rings is 1. The minimum absolute atomic E-state index is 0.0325. The number of hydrogen-bond acceptors (Lipinski definition) is 5. The lowest BCUT2D eigenvalue weighted by molar-refractivity contribution is 0.0672. The maximum atomic E-state index is 10.4. The molecule has 2 atom stereocenters. The van der Waals surface area contributed by atoms with Crippen molar-refractivity contribution in [2.45, 2.75) is 18.6 Å². The van der Waals surface area contributed by atoms with Crippen LogP contribution >= 0.6 is 11.6 Å². The van der Waals surface area contributed by atoms with E-state index in [-0.39, 0.29) is 6.04 Å². The molecular weight excluding hydrogens is 302 g/mol. The van der Waals surface area contributed by atoms with Gasteiger partial charge in [-0.3, -0.25) is 0 Å². The molecule has 1 aliphatic heterocycles. The Kier molecular flexibility index (Phi) is 4.87. The highest BCUT2D eigenvalue weighted by atomic mass is 35.5. The Balaban J connectivity index is 1.74. The van der Waals surface area contributed by atoms with Gasteiger partial charge in [-0.15, -0.1) is 0 Å². The molecule has 22 heavy (non-hydrogen) atoms. The maximum Gasteiger partial charge on any atom is 0.225 e. The van der Waals surface area contributed by atoms with Crippen molar-refractivity contribution in [2.75, 3.05) is 24.7 Å². The van der Waals surface area contributed by atoms with E-state index in [4.69, 9.17) is 16.3 Å². The first kappa shape index (κ1) is 15.2. The smallest absolute Gasteiger partial charge is 0.225 e. The van der Waals surface area contributed by atoms with Gasteiger partial charge in [-0.25, -0.2) is 9.97 Å². The molecule has 0 aliphatic carbocycles. The molecule has 1 aromatic heterocycles. The number of benzene rings is 1. The quantitative estimate of drug-likeness (QED) is 0.938. The molecule has 6 heteroatoms. The zero-order valence-electron chi connectivity index (χ0n) is 12.1. The monoisotopic (exact) mass is 319 g/mol. The van der Waals surface area contributed by atoms with E-state index in [1.54, 1.807) is 12.4 Å². The third-order valence-electron chi connectivity index (χ3n) is 3.77. The number of hydrogen-bond donors (Lipinski definition) is 1. The molecule has 0 spiro atoms. The molecule has 2 aromatic rings. The van der Waals surface area contributed by atoms with E-state index in [2.05, 4.69) is 14.9 Å². The summed E-state index contributed by atoms with van der Waals surface area (Å²) in [6.45, 7) is 1.88. The van der Waals surface area contributed by atoms with Crippen LogP contribution in [0.15, 0.2) is 42.7 Å². The van der Waals surface area contributed by atoms with Gasteiger partial charge in [0.2, 0.25) is 5.95 Å². The van der Waals surface area contributed by atoms with Crippen LogP contribution in [0.4, 0.5) is 5.95 Å². The number of rotatable bonds is 4. The van der Waals surface area contributed by atoms with E-state index in [1.165, 1.54) is 0 Å². The number of aromatic nitrogens is 2. The van der Waals surface area contributed by atoms with Crippen molar-refractivity contribution in [3.05, 3.63) is 53.3 Å². The summed E-state index contributed by atoms with van der Waals surface area (Å²) in [5.41, 5.74) is 0.907. The lowest BCUT2D eigenvalue weighted by Gasteiger charge is -2.36. The molecular formula is C16H18ClN3O2. The van der Waals surface area contributed by atoms with Crippen LogP contribution in [-0.2, 0) is 4.74 Å². The highest BCUT2D eigenvalue weighted by Gasteiger charge is 2.27. The molecule has 0 radical (unpaired) electrons. The molecule has 0 bridgehead atoms. The van der Waals surface area contributed by atoms with Crippen molar-refractivity contribution in [1.29, 1.82) is 0 Å². The van der Waals surface area contributed by atoms with Crippen LogP contribution in [0.25, 0.3) is 0 Å². The molecule has 5 nitrogen and oxygen atoms in total. The molecule has 3 rings (SSSR count). The predicted octanol–water partition coefficient (Wildman–Crippen LogP) is 2.46. The van der Waals surface area contributed by atoms with Gasteiger partial charge in [-0.1, -0.05) is 41.9 Å². The number of aliphatic hydroxyl groups excluding tert-OH is 1. The average Bonchev–Trinajstić information content (AvgIpc) is 2.57. The third-order valence-corrected chi connectivity index (χ3v) is 3.97. The topological polar surface area (TPSA) is 58.5 Å². The Bertz CT molecular complexity index is 594. The zero-order valence-corrected chi connectivity index (χ0v) is 12.9. The molecule has 2 heterocycles. The normalized spacial score (nSPS) is 19.9. The van der Waals surface area contributed by atoms with Crippen molar-refractivity contribution >= 4 is 17.5 Å². The number of anilines is 1. The SMILES string of the molecule is O[C@H](C[C@H]1COCCN1c1ncc(Cl)cn1)c1ccccc1. The van der Waals surface area contributed by atoms with Gasteiger partial charge in [0.1, 0.15) is 0 Å². The molecule has 1 fully saturated rings. The number of ether oxygens (including phenoxy) is 1. The van der Waals surface area contributed by atoms with E-state index < -0.39 is 6.10 Å². The minimum Gasteiger partial charge on any atom is -0.388 e. The molecule has 1 aliphatic rings. The van der Waals surface area contributed by atoms with E-state index in [0.717, 1.165) is 5.56 Å². The van der Waals surface area contributed by atoms with Gasteiger partial charge < -0.3 is 14.7 Å². The molecule has 1 aromatic carbocycles. The van der Waals surface area contributed by atoms with Crippen LogP contribution in [0, 0.1) is 0 Å². The number of nitrogens with zero attached hydrogens (tertiary/aromatic N) is 3. The average molecular weight is 320 g/mol. The highest BCUT2D eigenvalue weighted by molar-refractivity contribution is 6.30. The van der Waals surface area contributed by atoms with Crippen LogP contribution in [0.3, 0.4) is 0 Å². The fraction of sp³-hybridized carbons (Fsp3) is 0.375. The Hall–Kier alpha value is -1.69. The van der Waals surface area contributed by atoms with Crippen LogP contribution in [-0.4, -0.2) is 40.9 Å². The molecule has 116 valence electrons. The van der Waals surface area contributed by atoms with Crippen molar-refractivity contribution in [3.63, 3.8) is 0 Å². The van der Waals surface area contributed by atoms with Gasteiger partial charge in [0.25, 0.3) is 0 Å². The first-order valence-corrected chi connectivity index (χ1v) is 7.67. The standard InChI is InChI=1S/C16H18ClN3O2/c17-13-9-18-16(19-10-13)20-6-7-22-11-14(20)8-15(21)12-4-2-1-3-5-12/h1-5,9-10,14-15,21H,6-8,11H2/t14-,15+/m0/s1. The second-order valence-corrected chi connectivity index (χ2v) is 5.72. The second kappa shape index (κ2) is 7.05. The highest BCUT2D eigenvalue weighted by Crippen LogP contribution is 2.25. The lowest BCUT2D eigenvalue weighted by atomic mass is 10.0. The van der Waals surface area contributed by atoms with Gasteiger partial charge in [0.05, 0.1) is 42.8 Å². The molecule has 0 unspecified atom stereocenters.